The van der Waals surface area contributed by atoms with Crippen molar-refractivity contribution in [3.05, 3.63) is 70.8 Å². The summed E-state index contributed by atoms with van der Waals surface area (Å²) in [6.07, 6.45) is 3.49. The van der Waals surface area contributed by atoms with Crippen LogP contribution in [-0.4, -0.2) is 65.3 Å². The predicted molar refractivity (Wildman–Crippen MR) is 150 cm³/mol. The zero-order valence-corrected chi connectivity index (χ0v) is 23.5. The molecular weight excluding hydrogens is 458 g/mol. The lowest BCUT2D eigenvalue weighted by atomic mass is 9.90. The molecule has 2 amide bonds. The van der Waals surface area contributed by atoms with E-state index < -0.39 is 0 Å². The van der Waals surface area contributed by atoms with Gasteiger partial charge in [-0.25, -0.2) is 0 Å². The fourth-order valence-electron chi connectivity index (χ4n) is 6.12. The maximum atomic E-state index is 13.6. The van der Waals surface area contributed by atoms with Gasteiger partial charge in [0.05, 0.1) is 6.04 Å². The van der Waals surface area contributed by atoms with Crippen LogP contribution in [-0.2, 0) is 9.59 Å². The van der Waals surface area contributed by atoms with Crippen LogP contribution in [0.5, 0.6) is 0 Å². The van der Waals surface area contributed by atoms with E-state index in [-0.39, 0.29) is 18.0 Å². The minimum atomic E-state index is 0.148. The SMILES string of the molecule is CC(=O)N1CCC(CC(=O)N2CCN(C(c3ccc(C)cc3)c3ccc(C)cc3)CC2CC(C)C)CC1. The first-order chi connectivity index (χ1) is 17.7. The second-order valence-corrected chi connectivity index (χ2v) is 11.7. The minimum absolute atomic E-state index is 0.148. The van der Waals surface area contributed by atoms with E-state index in [1.807, 2.05) is 4.90 Å². The van der Waals surface area contributed by atoms with Crippen molar-refractivity contribution in [3.63, 3.8) is 0 Å². The van der Waals surface area contributed by atoms with Crippen LogP contribution in [0.15, 0.2) is 48.5 Å². The van der Waals surface area contributed by atoms with E-state index in [9.17, 15) is 9.59 Å². The third-order valence-electron chi connectivity index (χ3n) is 8.25. The van der Waals surface area contributed by atoms with Gasteiger partial charge in [-0.2, -0.15) is 0 Å². The molecule has 2 aromatic carbocycles. The average Bonchev–Trinajstić information content (AvgIpc) is 2.86. The predicted octanol–water partition coefficient (Wildman–Crippen LogP) is 5.60. The first kappa shape index (κ1) is 27.4. The molecule has 0 saturated carbocycles. The smallest absolute Gasteiger partial charge is 0.223 e. The Labute approximate surface area is 223 Å². The number of nitrogens with zero attached hydrogens (tertiary/aromatic N) is 3. The number of rotatable bonds is 7. The number of carbonyl (C=O) groups excluding carboxylic acids is 2. The molecule has 2 saturated heterocycles. The van der Waals surface area contributed by atoms with Crippen molar-refractivity contribution in [1.82, 2.24) is 14.7 Å². The molecule has 2 aromatic rings. The topological polar surface area (TPSA) is 43.9 Å². The Morgan fingerprint density at radius 1 is 0.838 bits per heavy atom. The van der Waals surface area contributed by atoms with Crippen LogP contribution in [0.2, 0.25) is 0 Å². The molecule has 0 aliphatic carbocycles. The zero-order chi connectivity index (χ0) is 26.5. The highest BCUT2D eigenvalue weighted by atomic mass is 16.2. The third-order valence-corrected chi connectivity index (χ3v) is 8.25. The molecule has 0 radical (unpaired) electrons. The van der Waals surface area contributed by atoms with Gasteiger partial charge in [-0.05, 0) is 56.1 Å². The molecule has 2 fully saturated rings. The van der Waals surface area contributed by atoms with Crippen LogP contribution >= 0.6 is 0 Å². The quantitative estimate of drug-likeness (QED) is 0.494. The highest BCUT2D eigenvalue weighted by Gasteiger charge is 2.36. The van der Waals surface area contributed by atoms with Gasteiger partial charge in [0.25, 0.3) is 0 Å². The first-order valence-electron chi connectivity index (χ1n) is 14.1. The second kappa shape index (κ2) is 12.3. The first-order valence-corrected chi connectivity index (χ1v) is 14.1. The standard InChI is InChI=1S/C32H45N3O2/c1-23(2)20-30-22-34(18-19-35(30)31(37)21-27-14-16-33(17-15-27)26(5)36)32(28-10-6-24(3)7-11-28)29-12-8-25(4)9-13-29/h6-13,23,27,30,32H,14-22H2,1-5H3. The van der Waals surface area contributed by atoms with E-state index in [1.54, 1.807) is 6.92 Å². The Hall–Kier alpha value is -2.66. The van der Waals surface area contributed by atoms with Crippen molar-refractivity contribution in [2.75, 3.05) is 32.7 Å². The Morgan fingerprint density at radius 3 is 1.86 bits per heavy atom. The number of likely N-dealkylation sites (tertiary alicyclic amines) is 1. The van der Waals surface area contributed by atoms with E-state index in [0.717, 1.165) is 52.0 Å². The molecule has 5 heteroatoms. The summed E-state index contributed by atoms with van der Waals surface area (Å²) in [4.78, 5) is 32.0. The molecule has 1 unspecified atom stereocenters. The highest BCUT2D eigenvalue weighted by molar-refractivity contribution is 5.77. The van der Waals surface area contributed by atoms with Gasteiger partial charge in [-0.3, -0.25) is 14.5 Å². The number of hydrogen-bond acceptors (Lipinski definition) is 3. The van der Waals surface area contributed by atoms with Crippen molar-refractivity contribution in [3.8, 4) is 0 Å². The summed E-state index contributed by atoms with van der Waals surface area (Å²) >= 11 is 0. The summed E-state index contributed by atoms with van der Waals surface area (Å²) in [6.45, 7) is 14.5. The van der Waals surface area contributed by atoms with Crippen molar-refractivity contribution in [2.45, 2.75) is 72.4 Å². The van der Waals surface area contributed by atoms with Gasteiger partial charge in [-0.15, -0.1) is 0 Å². The highest BCUT2D eigenvalue weighted by Crippen LogP contribution is 2.33. The van der Waals surface area contributed by atoms with E-state index in [2.05, 4.69) is 86.0 Å². The molecule has 2 aliphatic rings. The molecule has 2 aliphatic heterocycles. The maximum absolute atomic E-state index is 13.6. The van der Waals surface area contributed by atoms with Crippen molar-refractivity contribution < 1.29 is 9.59 Å². The number of aryl methyl sites for hydroxylation is 2. The second-order valence-electron chi connectivity index (χ2n) is 11.7. The maximum Gasteiger partial charge on any atom is 0.223 e. The molecule has 0 bridgehead atoms. The van der Waals surface area contributed by atoms with Crippen LogP contribution in [0.1, 0.15) is 74.8 Å². The fraction of sp³-hybridized carbons (Fsp3) is 0.562. The number of amides is 2. The lowest BCUT2D eigenvalue weighted by Crippen LogP contribution is -2.56. The summed E-state index contributed by atoms with van der Waals surface area (Å²) in [6, 6.07) is 18.3. The van der Waals surface area contributed by atoms with Crippen LogP contribution < -0.4 is 0 Å². The van der Waals surface area contributed by atoms with Crippen LogP contribution in [0, 0.1) is 25.7 Å². The minimum Gasteiger partial charge on any atom is -0.343 e. The Bertz CT molecular complexity index is 993. The molecule has 1 atom stereocenters. The number of benzene rings is 2. The van der Waals surface area contributed by atoms with Crippen molar-refractivity contribution >= 4 is 11.8 Å². The van der Waals surface area contributed by atoms with Gasteiger partial charge in [0.15, 0.2) is 0 Å². The van der Waals surface area contributed by atoms with Gasteiger partial charge < -0.3 is 9.80 Å². The summed E-state index contributed by atoms with van der Waals surface area (Å²) in [5.41, 5.74) is 5.17. The van der Waals surface area contributed by atoms with E-state index in [1.165, 1.54) is 22.3 Å². The molecule has 2 heterocycles. The fourth-order valence-corrected chi connectivity index (χ4v) is 6.12. The van der Waals surface area contributed by atoms with E-state index >= 15 is 0 Å². The zero-order valence-electron chi connectivity index (χ0n) is 23.5. The lowest BCUT2D eigenvalue weighted by Gasteiger charge is -2.46. The molecule has 200 valence electrons. The summed E-state index contributed by atoms with van der Waals surface area (Å²) < 4.78 is 0. The number of piperidine rings is 1. The Balaban J connectivity index is 1.51. The van der Waals surface area contributed by atoms with Gasteiger partial charge in [0, 0.05) is 52.1 Å². The lowest BCUT2D eigenvalue weighted by molar-refractivity contribution is -0.138. The number of hydrogen-bond donors (Lipinski definition) is 0. The van der Waals surface area contributed by atoms with Gasteiger partial charge >= 0.3 is 0 Å². The monoisotopic (exact) mass is 503 g/mol. The summed E-state index contributed by atoms with van der Waals surface area (Å²) in [5, 5.41) is 0. The van der Waals surface area contributed by atoms with Crippen molar-refractivity contribution in [2.24, 2.45) is 11.8 Å². The summed E-state index contributed by atoms with van der Waals surface area (Å²) in [5.74, 6) is 1.35. The van der Waals surface area contributed by atoms with E-state index in [0.29, 0.717) is 24.2 Å². The number of piperazine rings is 1. The summed E-state index contributed by atoms with van der Waals surface area (Å²) in [7, 11) is 0. The largest absolute Gasteiger partial charge is 0.343 e. The average molecular weight is 504 g/mol. The molecule has 0 aromatic heterocycles. The van der Waals surface area contributed by atoms with E-state index in [4.69, 9.17) is 0 Å². The molecule has 5 nitrogen and oxygen atoms in total. The van der Waals surface area contributed by atoms with Crippen LogP contribution in [0.4, 0.5) is 0 Å². The molecular formula is C32H45N3O2. The van der Waals surface area contributed by atoms with Gasteiger partial charge in [-0.1, -0.05) is 73.5 Å². The Kier molecular flexibility index (Phi) is 9.07. The normalized spacial score (nSPS) is 19.6. The van der Waals surface area contributed by atoms with Crippen LogP contribution in [0.25, 0.3) is 0 Å². The van der Waals surface area contributed by atoms with Crippen molar-refractivity contribution in [1.29, 1.82) is 0 Å². The molecule has 0 spiro atoms. The third kappa shape index (κ3) is 7.01. The van der Waals surface area contributed by atoms with Crippen LogP contribution in [0.3, 0.4) is 0 Å². The van der Waals surface area contributed by atoms with Gasteiger partial charge in [0.1, 0.15) is 0 Å². The molecule has 4 rings (SSSR count). The molecule has 37 heavy (non-hydrogen) atoms. The molecule has 0 N–H and O–H groups in total. The van der Waals surface area contributed by atoms with Gasteiger partial charge in [0.2, 0.25) is 11.8 Å². The Morgan fingerprint density at radius 2 is 1.38 bits per heavy atom. The number of carbonyl (C=O) groups is 2.